The molecular formula is C17H17F3N2O2. The van der Waals surface area contributed by atoms with Gasteiger partial charge in [0.1, 0.15) is 6.10 Å². The fourth-order valence-corrected chi connectivity index (χ4v) is 3.52. The summed E-state index contributed by atoms with van der Waals surface area (Å²) in [6, 6.07) is 6.81. The first kappa shape index (κ1) is 16.9. The lowest BCUT2D eigenvalue weighted by molar-refractivity contribution is -0.139. The van der Waals surface area contributed by atoms with Gasteiger partial charge in [0, 0.05) is 17.8 Å². The third-order valence-corrected chi connectivity index (χ3v) is 4.48. The Balaban J connectivity index is 2.05. The summed E-state index contributed by atoms with van der Waals surface area (Å²) in [5.74, 6) is 0. The van der Waals surface area contributed by atoms with Gasteiger partial charge in [-0.2, -0.15) is 13.2 Å². The Morgan fingerprint density at radius 2 is 1.83 bits per heavy atom. The Labute approximate surface area is 137 Å². The van der Waals surface area contributed by atoms with E-state index < -0.39 is 28.9 Å². The molecule has 24 heavy (non-hydrogen) atoms. The van der Waals surface area contributed by atoms with E-state index in [4.69, 9.17) is 0 Å². The molecule has 128 valence electrons. The molecule has 1 aliphatic carbocycles. The van der Waals surface area contributed by atoms with Gasteiger partial charge in [0.15, 0.2) is 0 Å². The molecule has 2 N–H and O–H groups in total. The topological polar surface area (TPSA) is 66.2 Å². The van der Waals surface area contributed by atoms with Crippen molar-refractivity contribution in [3.05, 3.63) is 59.7 Å². The molecule has 4 nitrogen and oxygen atoms in total. The van der Waals surface area contributed by atoms with E-state index in [1.54, 1.807) is 25.1 Å². The number of hydrogen-bond acceptors (Lipinski definition) is 4. The van der Waals surface area contributed by atoms with Gasteiger partial charge in [-0.3, -0.25) is 9.97 Å². The van der Waals surface area contributed by atoms with Gasteiger partial charge in [0.05, 0.1) is 22.6 Å². The van der Waals surface area contributed by atoms with Gasteiger partial charge in [-0.15, -0.1) is 0 Å². The standard InChI is InChI=1S/C17H17F3N2O2/c1-15(24)9-16(10-15,14(23)12-4-2-3-6-21-12)13-8-11(5-7-22-13)17(18,19)20/h2-8,14,23-24H,9-10H2,1H3/t14-,15?,16?/m0/s1. The van der Waals surface area contributed by atoms with Crippen molar-refractivity contribution in [3.63, 3.8) is 0 Å². The fourth-order valence-electron chi connectivity index (χ4n) is 3.52. The van der Waals surface area contributed by atoms with Crippen LogP contribution >= 0.6 is 0 Å². The maximum absolute atomic E-state index is 13.0. The second kappa shape index (κ2) is 5.53. The van der Waals surface area contributed by atoms with Crippen LogP contribution in [0.25, 0.3) is 0 Å². The summed E-state index contributed by atoms with van der Waals surface area (Å²) in [6.07, 6.45) is -2.87. The average molecular weight is 338 g/mol. The third-order valence-electron chi connectivity index (χ3n) is 4.48. The van der Waals surface area contributed by atoms with Crippen molar-refractivity contribution in [3.8, 4) is 0 Å². The summed E-state index contributed by atoms with van der Waals surface area (Å²) in [4.78, 5) is 8.15. The van der Waals surface area contributed by atoms with Gasteiger partial charge in [-0.1, -0.05) is 6.07 Å². The Morgan fingerprint density at radius 3 is 2.38 bits per heavy atom. The lowest BCUT2D eigenvalue weighted by Gasteiger charge is -2.53. The van der Waals surface area contributed by atoms with Crippen LogP contribution < -0.4 is 0 Å². The molecule has 0 radical (unpaired) electrons. The Morgan fingerprint density at radius 1 is 1.12 bits per heavy atom. The third kappa shape index (κ3) is 2.89. The molecule has 0 amide bonds. The average Bonchev–Trinajstić information content (AvgIpc) is 2.51. The predicted octanol–water partition coefficient (Wildman–Crippen LogP) is 3.01. The van der Waals surface area contributed by atoms with Crippen molar-refractivity contribution < 1.29 is 23.4 Å². The van der Waals surface area contributed by atoms with Crippen LogP contribution in [0.4, 0.5) is 13.2 Å². The lowest BCUT2D eigenvalue weighted by Crippen LogP contribution is -2.56. The number of aliphatic hydroxyl groups excluding tert-OH is 1. The predicted molar refractivity (Wildman–Crippen MR) is 80.0 cm³/mol. The zero-order chi connectivity index (χ0) is 17.6. The van der Waals surface area contributed by atoms with Gasteiger partial charge in [0.2, 0.25) is 0 Å². The largest absolute Gasteiger partial charge is 0.416 e. The molecule has 3 rings (SSSR count). The lowest BCUT2D eigenvalue weighted by atomic mass is 9.55. The molecule has 1 aliphatic rings. The number of rotatable bonds is 3. The first-order chi connectivity index (χ1) is 11.1. The first-order valence-corrected chi connectivity index (χ1v) is 7.49. The maximum atomic E-state index is 13.0. The molecule has 1 fully saturated rings. The SMILES string of the molecule is CC1(O)CC(c2cc(C(F)(F)F)ccn2)([C@@H](O)c2ccccn2)C1. The molecule has 0 unspecified atom stereocenters. The second-order valence-electron chi connectivity index (χ2n) is 6.59. The van der Waals surface area contributed by atoms with Crippen LogP contribution in [-0.4, -0.2) is 25.8 Å². The van der Waals surface area contributed by atoms with Gasteiger partial charge in [-0.25, -0.2) is 0 Å². The van der Waals surface area contributed by atoms with Crippen LogP contribution in [0, 0.1) is 0 Å². The number of pyridine rings is 2. The number of nitrogens with zero attached hydrogens (tertiary/aromatic N) is 2. The number of hydrogen-bond donors (Lipinski definition) is 2. The zero-order valence-electron chi connectivity index (χ0n) is 13.0. The summed E-state index contributed by atoms with van der Waals surface area (Å²) >= 11 is 0. The maximum Gasteiger partial charge on any atom is 0.416 e. The molecule has 2 heterocycles. The van der Waals surface area contributed by atoms with Crippen LogP contribution in [0.3, 0.4) is 0 Å². The number of aromatic nitrogens is 2. The molecule has 1 saturated carbocycles. The summed E-state index contributed by atoms with van der Waals surface area (Å²) in [6.45, 7) is 1.59. The summed E-state index contributed by atoms with van der Waals surface area (Å²) < 4.78 is 39.0. The summed E-state index contributed by atoms with van der Waals surface area (Å²) in [5.41, 5.74) is -2.54. The second-order valence-corrected chi connectivity index (χ2v) is 6.59. The monoisotopic (exact) mass is 338 g/mol. The highest BCUT2D eigenvalue weighted by Crippen LogP contribution is 2.56. The normalized spacial score (nSPS) is 28.2. The quantitative estimate of drug-likeness (QED) is 0.903. The molecule has 0 aromatic carbocycles. The minimum atomic E-state index is -4.50. The van der Waals surface area contributed by atoms with Gasteiger partial charge < -0.3 is 10.2 Å². The van der Waals surface area contributed by atoms with Crippen molar-refractivity contribution in [2.24, 2.45) is 0 Å². The van der Waals surface area contributed by atoms with Crippen LogP contribution in [-0.2, 0) is 11.6 Å². The number of aliphatic hydroxyl groups is 2. The van der Waals surface area contributed by atoms with Crippen LogP contribution in [0.15, 0.2) is 42.7 Å². The number of alkyl halides is 3. The van der Waals surface area contributed by atoms with E-state index >= 15 is 0 Å². The molecule has 2 aromatic heterocycles. The van der Waals surface area contributed by atoms with Crippen molar-refractivity contribution in [1.29, 1.82) is 0 Å². The van der Waals surface area contributed by atoms with Crippen molar-refractivity contribution in [2.75, 3.05) is 0 Å². The molecule has 7 heteroatoms. The zero-order valence-corrected chi connectivity index (χ0v) is 13.0. The van der Waals surface area contributed by atoms with Crippen LogP contribution in [0.2, 0.25) is 0 Å². The minimum Gasteiger partial charge on any atom is -0.390 e. The van der Waals surface area contributed by atoms with E-state index in [9.17, 15) is 23.4 Å². The van der Waals surface area contributed by atoms with E-state index in [0.717, 1.165) is 18.3 Å². The Hall–Kier alpha value is -1.99. The highest BCUT2D eigenvalue weighted by atomic mass is 19.4. The molecular weight excluding hydrogens is 321 g/mol. The van der Waals surface area contributed by atoms with E-state index in [1.807, 2.05) is 0 Å². The smallest absolute Gasteiger partial charge is 0.390 e. The molecule has 0 saturated heterocycles. The minimum absolute atomic E-state index is 0.103. The first-order valence-electron chi connectivity index (χ1n) is 7.49. The number of halogens is 3. The molecule has 0 bridgehead atoms. The van der Waals surface area contributed by atoms with E-state index in [-0.39, 0.29) is 18.5 Å². The van der Waals surface area contributed by atoms with E-state index in [2.05, 4.69) is 9.97 Å². The van der Waals surface area contributed by atoms with Crippen molar-refractivity contribution in [1.82, 2.24) is 9.97 Å². The molecule has 0 aliphatic heterocycles. The Kier molecular flexibility index (Phi) is 3.88. The Bertz CT molecular complexity index is 724. The molecule has 1 atom stereocenters. The van der Waals surface area contributed by atoms with E-state index in [1.165, 1.54) is 6.20 Å². The molecule has 0 spiro atoms. The molecule has 2 aromatic rings. The van der Waals surface area contributed by atoms with Gasteiger partial charge in [0.25, 0.3) is 0 Å². The summed E-state index contributed by atoms with van der Waals surface area (Å²) in [7, 11) is 0. The highest BCUT2D eigenvalue weighted by molar-refractivity contribution is 5.34. The summed E-state index contributed by atoms with van der Waals surface area (Å²) in [5, 5.41) is 20.9. The fraction of sp³-hybridized carbons (Fsp3) is 0.412. The van der Waals surface area contributed by atoms with Gasteiger partial charge in [-0.05, 0) is 44.0 Å². The van der Waals surface area contributed by atoms with E-state index in [0.29, 0.717) is 5.69 Å². The van der Waals surface area contributed by atoms with Crippen molar-refractivity contribution >= 4 is 0 Å². The van der Waals surface area contributed by atoms with Crippen molar-refractivity contribution in [2.45, 2.75) is 43.1 Å². The highest BCUT2D eigenvalue weighted by Gasteiger charge is 2.58. The van der Waals surface area contributed by atoms with Gasteiger partial charge >= 0.3 is 6.18 Å². The van der Waals surface area contributed by atoms with Crippen LogP contribution in [0.5, 0.6) is 0 Å². The van der Waals surface area contributed by atoms with Crippen LogP contribution in [0.1, 0.15) is 42.8 Å².